The molecule has 68 valence electrons. The number of halogens is 3. The number of piperazine rings is 1. The zero-order chi connectivity index (χ0) is 8.93. The predicted molar refractivity (Wildman–Crippen MR) is 33.3 cm³/mol. The minimum atomic E-state index is -4.71. The summed E-state index contributed by atoms with van der Waals surface area (Å²) >= 11 is 0. The first-order chi connectivity index (χ1) is 5.48. The van der Waals surface area contributed by atoms with Gasteiger partial charge in [-0.1, -0.05) is 0 Å². The molecule has 1 amide bonds. The highest BCUT2D eigenvalue weighted by Crippen LogP contribution is 2.26. The van der Waals surface area contributed by atoms with Crippen LogP contribution in [0.5, 0.6) is 0 Å². The van der Waals surface area contributed by atoms with Gasteiger partial charge in [0.15, 0.2) is 0 Å². The van der Waals surface area contributed by atoms with E-state index in [1.165, 1.54) is 0 Å². The minimum absolute atomic E-state index is 0.108. The number of carbonyl (C=O) groups is 1. The van der Waals surface area contributed by atoms with E-state index >= 15 is 0 Å². The predicted octanol–water partition coefficient (Wildman–Crippen LogP) is -0.269. The molecule has 0 spiro atoms. The number of amides is 1. The molecular weight excluding hydrogens is 173 g/mol. The smallest absolute Gasteiger partial charge is 0.332 e. The molecule has 2 heterocycles. The molecule has 2 saturated heterocycles. The Hall–Kier alpha value is -0.780. The van der Waals surface area contributed by atoms with Crippen molar-refractivity contribution in [3.8, 4) is 0 Å². The summed E-state index contributed by atoms with van der Waals surface area (Å²) in [6, 6.07) is 0.215. The minimum Gasteiger partial charge on any atom is -0.332 e. The van der Waals surface area contributed by atoms with Gasteiger partial charge in [-0.3, -0.25) is 4.79 Å². The van der Waals surface area contributed by atoms with E-state index < -0.39 is 12.1 Å². The van der Waals surface area contributed by atoms with Gasteiger partial charge in [0.2, 0.25) is 0 Å². The lowest BCUT2D eigenvalue weighted by molar-refractivity contribution is -0.184. The molecule has 3 nitrogen and oxygen atoms in total. The molecule has 2 unspecified atom stereocenters. The Bertz CT molecular complexity index is 217. The van der Waals surface area contributed by atoms with E-state index in [9.17, 15) is 18.0 Å². The number of carbonyl (C=O) groups excluding carboxylic acids is 1. The van der Waals surface area contributed by atoms with Gasteiger partial charge in [-0.05, 0) is 0 Å². The Morgan fingerprint density at radius 1 is 1.33 bits per heavy atom. The first-order valence-corrected chi connectivity index (χ1v) is 3.60. The maximum absolute atomic E-state index is 11.8. The molecule has 1 N–H and O–H groups in total. The second-order valence-corrected chi connectivity index (χ2v) is 3.09. The maximum atomic E-state index is 11.8. The summed E-state index contributed by atoms with van der Waals surface area (Å²) in [5, 5.41) is 2.94. The van der Waals surface area contributed by atoms with Crippen LogP contribution in [0, 0.1) is 0 Å². The van der Waals surface area contributed by atoms with Gasteiger partial charge < -0.3 is 10.2 Å². The van der Waals surface area contributed by atoms with Crippen molar-refractivity contribution in [3.05, 3.63) is 0 Å². The fourth-order valence-corrected chi connectivity index (χ4v) is 1.47. The van der Waals surface area contributed by atoms with Crippen molar-refractivity contribution in [1.82, 2.24) is 10.2 Å². The average molecular weight is 180 g/mol. The van der Waals surface area contributed by atoms with Crippen molar-refractivity contribution in [1.29, 1.82) is 0 Å². The molecular formula is C6H7F3N2O. The number of fused-ring (bicyclic) bond motifs is 1. The lowest BCUT2D eigenvalue weighted by Gasteiger charge is -2.18. The number of likely N-dealkylation sites (tertiary alicyclic amines) is 1. The Morgan fingerprint density at radius 2 is 1.83 bits per heavy atom. The number of rotatable bonds is 0. The van der Waals surface area contributed by atoms with Gasteiger partial charge in [-0.25, -0.2) is 0 Å². The third-order valence-electron chi connectivity index (χ3n) is 2.17. The number of hydrogen-bond donors (Lipinski definition) is 1. The molecule has 2 aliphatic heterocycles. The Balaban J connectivity index is 1.97. The molecule has 6 heteroatoms. The number of hydrogen-bond acceptors (Lipinski definition) is 2. The van der Waals surface area contributed by atoms with Gasteiger partial charge >= 0.3 is 12.1 Å². The van der Waals surface area contributed by atoms with Crippen molar-refractivity contribution < 1.29 is 18.0 Å². The van der Waals surface area contributed by atoms with E-state index in [2.05, 4.69) is 5.32 Å². The van der Waals surface area contributed by atoms with Crippen LogP contribution in [0.3, 0.4) is 0 Å². The topological polar surface area (TPSA) is 42.2 Å². The second kappa shape index (κ2) is 2.12. The Labute approximate surface area is 66.5 Å². The molecule has 12 heavy (non-hydrogen) atoms. The number of alkyl halides is 3. The zero-order valence-corrected chi connectivity index (χ0v) is 6.06. The van der Waals surface area contributed by atoms with Crippen LogP contribution < -0.4 is 5.32 Å². The highest BCUT2D eigenvalue weighted by molar-refractivity contribution is 5.82. The van der Waals surface area contributed by atoms with Crippen molar-refractivity contribution in [2.75, 3.05) is 13.1 Å². The summed E-state index contributed by atoms with van der Waals surface area (Å²) in [6.07, 6.45) is -4.71. The van der Waals surface area contributed by atoms with E-state index in [1.807, 2.05) is 0 Å². The first-order valence-electron chi connectivity index (χ1n) is 3.60. The molecule has 2 rings (SSSR count). The van der Waals surface area contributed by atoms with E-state index in [0.29, 0.717) is 0 Å². The highest BCUT2D eigenvalue weighted by Gasteiger charge is 2.52. The summed E-state index contributed by atoms with van der Waals surface area (Å²) in [5.74, 6) is -1.71. The molecule has 2 aliphatic rings. The molecule has 2 atom stereocenters. The monoisotopic (exact) mass is 180 g/mol. The fourth-order valence-electron chi connectivity index (χ4n) is 1.47. The summed E-state index contributed by atoms with van der Waals surface area (Å²) in [4.78, 5) is 11.5. The standard InChI is InChI=1S/C6H7F3N2O/c7-6(8,9)5(12)11-1-3-4(2-11)10-3/h3-4,10H,1-2H2. The van der Waals surface area contributed by atoms with Gasteiger partial charge in [-0.15, -0.1) is 0 Å². The van der Waals surface area contributed by atoms with Crippen molar-refractivity contribution in [2.45, 2.75) is 18.3 Å². The second-order valence-electron chi connectivity index (χ2n) is 3.09. The van der Waals surface area contributed by atoms with Gasteiger partial charge in [0.25, 0.3) is 0 Å². The van der Waals surface area contributed by atoms with Crippen LogP contribution in [0.25, 0.3) is 0 Å². The third-order valence-corrected chi connectivity index (χ3v) is 2.17. The summed E-state index contributed by atoms with van der Waals surface area (Å²) in [5.41, 5.74) is 0. The van der Waals surface area contributed by atoms with Crippen LogP contribution in [-0.2, 0) is 4.79 Å². The molecule has 0 aliphatic carbocycles. The van der Waals surface area contributed by atoms with Crippen LogP contribution in [0.4, 0.5) is 13.2 Å². The van der Waals surface area contributed by atoms with Crippen molar-refractivity contribution >= 4 is 5.91 Å². The lowest BCUT2D eigenvalue weighted by Crippen LogP contribution is -2.42. The van der Waals surface area contributed by atoms with Crippen LogP contribution in [0.2, 0.25) is 0 Å². The average Bonchev–Trinajstić information content (AvgIpc) is 2.56. The van der Waals surface area contributed by atoms with Crippen molar-refractivity contribution in [2.24, 2.45) is 0 Å². The lowest BCUT2D eigenvalue weighted by atomic mass is 10.4. The van der Waals surface area contributed by atoms with Gasteiger partial charge in [0.1, 0.15) is 0 Å². The Kier molecular flexibility index (Phi) is 1.39. The summed E-state index contributed by atoms with van der Waals surface area (Å²) < 4.78 is 35.5. The van der Waals surface area contributed by atoms with E-state index in [-0.39, 0.29) is 25.2 Å². The number of nitrogens with zero attached hydrogens (tertiary/aromatic N) is 1. The van der Waals surface area contributed by atoms with E-state index in [4.69, 9.17) is 0 Å². The molecule has 0 aromatic rings. The third kappa shape index (κ3) is 1.16. The van der Waals surface area contributed by atoms with Crippen molar-refractivity contribution in [3.63, 3.8) is 0 Å². The summed E-state index contributed by atoms with van der Waals surface area (Å²) in [7, 11) is 0. The summed E-state index contributed by atoms with van der Waals surface area (Å²) in [6.45, 7) is 0.395. The fraction of sp³-hybridized carbons (Fsp3) is 0.833. The largest absolute Gasteiger partial charge is 0.471 e. The maximum Gasteiger partial charge on any atom is 0.471 e. The van der Waals surface area contributed by atoms with Crippen LogP contribution in [0.1, 0.15) is 0 Å². The van der Waals surface area contributed by atoms with Crippen LogP contribution >= 0.6 is 0 Å². The van der Waals surface area contributed by atoms with Gasteiger partial charge in [0, 0.05) is 25.2 Å². The highest BCUT2D eigenvalue weighted by atomic mass is 19.4. The van der Waals surface area contributed by atoms with Gasteiger partial charge in [-0.2, -0.15) is 13.2 Å². The molecule has 0 aromatic carbocycles. The van der Waals surface area contributed by atoms with Crippen LogP contribution in [-0.4, -0.2) is 42.2 Å². The number of nitrogens with one attached hydrogen (secondary N) is 1. The van der Waals surface area contributed by atoms with E-state index in [1.54, 1.807) is 0 Å². The molecule has 0 aromatic heterocycles. The molecule has 0 saturated carbocycles. The normalized spacial score (nSPS) is 33.4. The SMILES string of the molecule is O=C(N1CC2NC2C1)C(F)(F)F. The quantitative estimate of drug-likeness (QED) is 0.521. The van der Waals surface area contributed by atoms with Crippen LogP contribution in [0.15, 0.2) is 0 Å². The molecule has 0 bridgehead atoms. The first kappa shape index (κ1) is 7.85. The molecule has 0 radical (unpaired) electrons. The Morgan fingerprint density at radius 3 is 2.25 bits per heavy atom. The van der Waals surface area contributed by atoms with Gasteiger partial charge in [0.05, 0.1) is 0 Å². The zero-order valence-electron chi connectivity index (χ0n) is 6.06. The molecule has 2 fully saturated rings. The van der Waals surface area contributed by atoms with E-state index in [0.717, 1.165) is 4.90 Å².